The van der Waals surface area contributed by atoms with Gasteiger partial charge >= 0.3 is 5.97 Å². The van der Waals surface area contributed by atoms with Crippen molar-refractivity contribution in [3.05, 3.63) is 24.3 Å². The number of hydrogen-bond acceptors (Lipinski definition) is 4. The number of hydrogen-bond donors (Lipinski definition) is 1. The average Bonchev–Trinajstić information content (AvgIpc) is 3.12. The summed E-state index contributed by atoms with van der Waals surface area (Å²) >= 11 is 0. The van der Waals surface area contributed by atoms with Crippen molar-refractivity contribution in [3.8, 4) is 5.75 Å². The van der Waals surface area contributed by atoms with Gasteiger partial charge in [0.15, 0.2) is 0 Å². The number of rotatable bonds is 6. The van der Waals surface area contributed by atoms with Crippen molar-refractivity contribution in [3.63, 3.8) is 0 Å². The minimum atomic E-state index is -3.66. The molecule has 1 N–H and O–H groups in total. The van der Waals surface area contributed by atoms with E-state index in [4.69, 9.17) is 4.74 Å². The molecule has 3 unspecified atom stereocenters. The molecule has 3 rings (SSSR count). The highest BCUT2D eigenvalue weighted by molar-refractivity contribution is 7.89. The fraction of sp³-hybridized carbons (Fsp3) is 0.562. The predicted octanol–water partition coefficient (Wildman–Crippen LogP) is 2.10. The molecule has 0 spiro atoms. The van der Waals surface area contributed by atoms with E-state index in [-0.39, 0.29) is 10.9 Å². The van der Waals surface area contributed by atoms with Crippen molar-refractivity contribution in [2.75, 3.05) is 6.61 Å². The Labute approximate surface area is 136 Å². The molecular formula is C16H21NO5S. The van der Waals surface area contributed by atoms with Crippen molar-refractivity contribution >= 4 is 16.0 Å². The highest BCUT2D eigenvalue weighted by Gasteiger charge is 2.54. The zero-order valence-corrected chi connectivity index (χ0v) is 13.8. The molecule has 1 aromatic carbocycles. The first-order valence-corrected chi connectivity index (χ1v) is 9.38. The van der Waals surface area contributed by atoms with E-state index in [1.165, 1.54) is 16.4 Å². The molecule has 2 fully saturated rings. The molecule has 0 aliphatic carbocycles. The van der Waals surface area contributed by atoms with Gasteiger partial charge in [0.25, 0.3) is 0 Å². The topological polar surface area (TPSA) is 83.9 Å². The Bertz CT molecular complexity index is 685. The normalized spacial score (nSPS) is 27.3. The van der Waals surface area contributed by atoms with Gasteiger partial charge in [0.05, 0.1) is 17.4 Å². The monoisotopic (exact) mass is 339 g/mol. The van der Waals surface area contributed by atoms with Crippen LogP contribution in [0.2, 0.25) is 0 Å². The Hall–Kier alpha value is -1.60. The van der Waals surface area contributed by atoms with Gasteiger partial charge in [-0.2, -0.15) is 4.31 Å². The lowest BCUT2D eigenvalue weighted by atomic mass is 9.89. The number of ether oxygens (including phenoxy) is 1. The van der Waals surface area contributed by atoms with Gasteiger partial charge in [-0.3, -0.25) is 4.79 Å². The quantitative estimate of drug-likeness (QED) is 0.858. The maximum absolute atomic E-state index is 12.9. The number of carbonyl (C=O) groups is 1. The molecule has 0 aromatic heterocycles. The van der Waals surface area contributed by atoms with E-state index in [9.17, 15) is 18.3 Å². The number of benzene rings is 1. The van der Waals surface area contributed by atoms with Crippen LogP contribution < -0.4 is 4.74 Å². The van der Waals surface area contributed by atoms with Gasteiger partial charge in [-0.25, -0.2) is 8.42 Å². The van der Waals surface area contributed by atoms with Gasteiger partial charge in [-0.15, -0.1) is 0 Å². The molecule has 7 heteroatoms. The van der Waals surface area contributed by atoms with E-state index >= 15 is 0 Å². The van der Waals surface area contributed by atoms with E-state index in [0.29, 0.717) is 25.2 Å². The van der Waals surface area contributed by atoms with Crippen LogP contribution in [-0.4, -0.2) is 42.5 Å². The van der Waals surface area contributed by atoms with Gasteiger partial charge in [-0.1, -0.05) is 6.92 Å². The van der Waals surface area contributed by atoms with E-state index in [0.717, 1.165) is 12.8 Å². The first-order valence-electron chi connectivity index (χ1n) is 7.94. The Morgan fingerprint density at radius 1 is 1.30 bits per heavy atom. The SMILES string of the molecule is CCCOc1ccc(S(=O)(=O)N2C3CCC2C(C(=O)O)C3)cc1. The van der Waals surface area contributed by atoms with Crippen molar-refractivity contribution in [1.29, 1.82) is 0 Å². The van der Waals surface area contributed by atoms with Crippen LogP contribution in [-0.2, 0) is 14.8 Å². The third-order valence-electron chi connectivity index (χ3n) is 4.66. The second-order valence-corrected chi connectivity index (χ2v) is 7.98. The van der Waals surface area contributed by atoms with E-state index in [1.807, 2.05) is 6.92 Å². The molecule has 0 radical (unpaired) electrons. The second kappa shape index (κ2) is 6.13. The Morgan fingerprint density at radius 2 is 2.00 bits per heavy atom. The van der Waals surface area contributed by atoms with Crippen molar-refractivity contribution in [2.45, 2.75) is 49.6 Å². The number of fused-ring (bicyclic) bond motifs is 2. The molecule has 2 aliphatic rings. The number of carboxylic acids is 1. The Kier molecular flexibility index (Phi) is 4.33. The molecule has 2 aliphatic heterocycles. The summed E-state index contributed by atoms with van der Waals surface area (Å²) in [5.41, 5.74) is 0. The van der Waals surface area contributed by atoms with E-state index in [2.05, 4.69) is 0 Å². The zero-order valence-electron chi connectivity index (χ0n) is 13.0. The molecular weight excluding hydrogens is 318 g/mol. The van der Waals surface area contributed by atoms with Gasteiger partial charge < -0.3 is 9.84 Å². The van der Waals surface area contributed by atoms with Gasteiger partial charge in [0, 0.05) is 12.1 Å². The van der Waals surface area contributed by atoms with E-state index in [1.54, 1.807) is 12.1 Å². The van der Waals surface area contributed by atoms with Crippen LogP contribution in [0, 0.1) is 5.92 Å². The molecule has 6 nitrogen and oxygen atoms in total. The minimum absolute atomic E-state index is 0.192. The molecule has 0 amide bonds. The van der Waals surface area contributed by atoms with Crippen LogP contribution in [0.5, 0.6) is 5.75 Å². The summed E-state index contributed by atoms with van der Waals surface area (Å²) in [6.45, 7) is 2.59. The summed E-state index contributed by atoms with van der Waals surface area (Å²) in [4.78, 5) is 11.5. The predicted molar refractivity (Wildman–Crippen MR) is 83.8 cm³/mol. The van der Waals surface area contributed by atoms with Crippen molar-refractivity contribution in [1.82, 2.24) is 4.31 Å². The molecule has 3 atom stereocenters. The Balaban J connectivity index is 1.83. The largest absolute Gasteiger partial charge is 0.494 e. The number of carboxylic acid groups (broad SMARTS) is 1. The summed E-state index contributed by atoms with van der Waals surface area (Å²) in [5.74, 6) is -0.852. The van der Waals surface area contributed by atoms with Gasteiger partial charge in [-0.05, 0) is 49.9 Å². The summed E-state index contributed by atoms with van der Waals surface area (Å²) in [5, 5.41) is 9.27. The molecule has 126 valence electrons. The molecule has 1 aromatic rings. The second-order valence-electron chi connectivity index (χ2n) is 6.13. The zero-order chi connectivity index (χ0) is 16.6. The highest BCUT2D eigenvalue weighted by atomic mass is 32.2. The molecule has 2 saturated heterocycles. The molecule has 2 heterocycles. The number of aliphatic carboxylic acids is 1. The third-order valence-corrected chi connectivity index (χ3v) is 6.65. The lowest BCUT2D eigenvalue weighted by Gasteiger charge is -2.22. The molecule has 23 heavy (non-hydrogen) atoms. The summed E-state index contributed by atoms with van der Waals surface area (Å²) in [6, 6.07) is 5.76. The molecule has 0 saturated carbocycles. The third kappa shape index (κ3) is 2.83. The maximum Gasteiger partial charge on any atom is 0.308 e. The maximum atomic E-state index is 12.9. The minimum Gasteiger partial charge on any atom is -0.494 e. The lowest BCUT2D eigenvalue weighted by Crippen LogP contribution is -2.37. The fourth-order valence-corrected chi connectivity index (χ4v) is 5.54. The van der Waals surface area contributed by atoms with Crippen LogP contribution in [0.3, 0.4) is 0 Å². The van der Waals surface area contributed by atoms with Crippen LogP contribution in [0.15, 0.2) is 29.2 Å². The van der Waals surface area contributed by atoms with E-state index < -0.39 is 28.0 Å². The number of sulfonamides is 1. The van der Waals surface area contributed by atoms with Gasteiger partial charge in [0.1, 0.15) is 5.75 Å². The molecule has 2 bridgehead atoms. The highest BCUT2D eigenvalue weighted by Crippen LogP contribution is 2.45. The average molecular weight is 339 g/mol. The van der Waals surface area contributed by atoms with Crippen LogP contribution in [0.25, 0.3) is 0 Å². The summed E-state index contributed by atoms with van der Waals surface area (Å²) in [6.07, 6.45) is 2.66. The van der Waals surface area contributed by atoms with Crippen LogP contribution >= 0.6 is 0 Å². The standard InChI is InChI=1S/C16H21NO5S/c1-2-9-22-12-4-6-13(7-5-12)23(20,21)17-11-3-8-15(17)14(10-11)16(18)19/h4-7,11,14-15H,2-3,8-10H2,1H3,(H,18,19). The Morgan fingerprint density at radius 3 is 2.57 bits per heavy atom. The van der Waals surface area contributed by atoms with Crippen molar-refractivity contribution < 1.29 is 23.1 Å². The first kappa shape index (κ1) is 16.3. The van der Waals surface area contributed by atoms with Crippen LogP contribution in [0.1, 0.15) is 32.6 Å². The van der Waals surface area contributed by atoms with Crippen molar-refractivity contribution in [2.24, 2.45) is 5.92 Å². The smallest absolute Gasteiger partial charge is 0.308 e. The van der Waals surface area contributed by atoms with Gasteiger partial charge in [0.2, 0.25) is 10.0 Å². The summed E-state index contributed by atoms with van der Waals surface area (Å²) in [7, 11) is -3.66. The van der Waals surface area contributed by atoms with Crippen LogP contribution in [0.4, 0.5) is 0 Å². The number of nitrogens with zero attached hydrogens (tertiary/aromatic N) is 1. The summed E-state index contributed by atoms with van der Waals surface area (Å²) < 4.78 is 32.7. The fourth-order valence-electron chi connectivity index (χ4n) is 3.63. The lowest BCUT2D eigenvalue weighted by molar-refractivity contribution is -0.142. The first-order chi connectivity index (χ1) is 10.9.